The van der Waals surface area contributed by atoms with Crippen molar-refractivity contribution in [3.63, 3.8) is 0 Å². The third-order valence-corrected chi connectivity index (χ3v) is 4.56. The number of aromatic nitrogens is 3. The molecule has 0 amide bonds. The second-order valence-electron chi connectivity index (χ2n) is 5.45. The summed E-state index contributed by atoms with van der Waals surface area (Å²) >= 11 is 1.31. The van der Waals surface area contributed by atoms with Crippen molar-refractivity contribution >= 4 is 23.9 Å². The number of hydrogen-bond donors (Lipinski definition) is 1. The first-order valence-electron chi connectivity index (χ1n) is 8.34. The first-order valence-corrected chi connectivity index (χ1v) is 9.33. The van der Waals surface area contributed by atoms with Crippen molar-refractivity contribution in [3.8, 4) is 28.8 Å². The second kappa shape index (κ2) is 9.18. The molecular formula is C18H20N4O5S. The minimum atomic E-state index is -0.279. The molecule has 0 saturated heterocycles. The van der Waals surface area contributed by atoms with E-state index in [4.69, 9.17) is 13.9 Å². The SMILES string of the molecule is COC(=O)CCSNc1nnc(-c2ccco2)n1-c1c(OC)cccc1OC. The van der Waals surface area contributed by atoms with E-state index in [2.05, 4.69) is 19.7 Å². The van der Waals surface area contributed by atoms with Gasteiger partial charge in [-0.3, -0.25) is 14.1 Å². The summed E-state index contributed by atoms with van der Waals surface area (Å²) in [5.41, 5.74) is 0.625. The van der Waals surface area contributed by atoms with Crippen LogP contribution in [-0.2, 0) is 9.53 Å². The average Bonchev–Trinajstić information content (AvgIpc) is 3.39. The molecule has 0 spiro atoms. The lowest BCUT2D eigenvalue weighted by Gasteiger charge is -2.16. The Kier molecular flexibility index (Phi) is 6.43. The van der Waals surface area contributed by atoms with Crippen LogP contribution in [0.4, 0.5) is 5.95 Å². The number of methoxy groups -OCH3 is 3. The molecule has 3 aromatic rings. The average molecular weight is 404 g/mol. The number of rotatable bonds is 9. The van der Waals surface area contributed by atoms with E-state index < -0.39 is 0 Å². The van der Waals surface area contributed by atoms with Crippen molar-refractivity contribution in [2.24, 2.45) is 0 Å². The number of carbonyl (C=O) groups excluding carboxylic acids is 1. The van der Waals surface area contributed by atoms with Crippen molar-refractivity contribution in [1.82, 2.24) is 14.8 Å². The molecule has 0 aliphatic carbocycles. The van der Waals surface area contributed by atoms with E-state index in [0.717, 1.165) is 0 Å². The van der Waals surface area contributed by atoms with Crippen molar-refractivity contribution in [2.45, 2.75) is 6.42 Å². The zero-order valence-corrected chi connectivity index (χ0v) is 16.5. The Labute approximate surface area is 166 Å². The van der Waals surface area contributed by atoms with Gasteiger partial charge < -0.3 is 18.6 Å². The number of para-hydroxylation sites is 1. The predicted molar refractivity (Wildman–Crippen MR) is 105 cm³/mol. The van der Waals surface area contributed by atoms with E-state index >= 15 is 0 Å². The summed E-state index contributed by atoms with van der Waals surface area (Å²) in [5.74, 6) is 2.82. The number of esters is 1. The molecule has 0 fully saturated rings. The molecular weight excluding hydrogens is 384 g/mol. The standard InChI is InChI=1S/C18H20N4O5S/c1-24-12-6-4-7-13(25-2)16(12)22-17(14-8-5-10-27-14)19-20-18(22)21-28-11-9-15(23)26-3/h4-8,10H,9,11H2,1-3H3,(H,20,21). The van der Waals surface area contributed by atoms with Crippen molar-refractivity contribution < 1.29 is 23.4 Å². The molecule has 0 atom stereocenters. The summed E-state index contributed by atoms with van der Waals surface area (Å²) in [6, 6.07) is 9.02. The molecule has 9 nitrogen and oxygen atoms in total. The fourth-order valence-corrected chi connectivity index (χ4v) is 3.16. The van der Waals surface area contributed by atoms with Crippen LogP contribution in [-0.4, -0.2) is 47.8 Å². The minimum Gasteiger partial charge on any atom is -0.494 e. The predicted octanol–water partition coefficient (Wildman–Crippen LogP) is 3.17. The number of nitrogens with zero attached hydrogens (tertiary/aromatic N) is 3. The van der Waals surface area contributed by atoms with Gasteiger partial charge in [0.1, 0.15) is 17.2 Å². The fraction of sp³-hybridized carbons (Fsp3) is 0.278. The maximum Gasteiger partial charge on any atom is 0.306 e. The lowest BCUT2D eigenvalue weighted by molar-refractivity contribution is -0.140. The van der Waals surface area contributed by atoms with Crippen LogP contribution >= 0.6 is 11.9 Å². The first kappa shape index (κ1) is 19.6. The van der Waals surface area contributed by atoms with E-state index in [9.17, 15) is 4.79 Å². The van der Waals surface area contributed by atoms with Crippen LogP contribution in [0.25, 0.3) is 17.3 Å². The molecule has 0 unspecified atom stereocenters. The Hall–Kier alpha value is -3.14. The van der Waals surface area contributed by atoms with Crippen molar-refractivity contribution in [2.75, 3.05) is 31.8 Å². The Morgan fingerprint density at radius 1 is 1.14 bits per heavy atom. The summed E-state index contributed by atoms with van der Waals surface area (Å²) < 4.78 is 26.1. The maximum atomic E-state index is 11.3. The molecule has 0 aliphatic rings. The van der Waals surface area contributed by atoms with Crippen molar-refractivity contribution in [3.05, 3.63) is 36.6 Å². The molecule has 28 heavy (non-hydrogen) atoms. The molecule has 0 radical (unpaired) electrons. The van der Waals surface area contributed by atoms with E-state index in [1.54, 1.807) is 37.2 Å². The van der Waals surface area contributed by atoms with Crippen LogP contribution < -0.4 is 14.2 Å². The molecule has 10 heteroatoms. The van der Waals surface area contributed by atoms with E-state index in [1.165, 1.54) is 19.1 Å². The molecule has 2 heterocycles. The van der Waals surface area contributed by atoms with Crippen LogP contribution in [0.2, 0.25) is 0 Å². The highest BCUT2D eigenvalue weighted by atomic mass is 32.2. The third kappa shape index (κ3) is 4.06. The van der Waals surface area contributed by atoms with Crippen LogP contribution in [0.5, 0.6) is 11.5 Å². The summed E-state index contributed by atoms with van der Waals surface area (Å²) in [7, 11) is 4.52. The van der Waals surface area contributed by atoms with Gasteiger partial charge in [0.2, 0.25) is 11.8 Å². The first-order chi connectivity index (χ1) is 13.7. The highest BCUT2D eigenvalue weighted by Crippen LogP contribution is 2.37. The number of furan rings is 1. The van der Waals surface area contributed by atoms with Crippen molar-refractivity contribution in [1.29, 1.82) is 0 Å². The zero-order valence-electron chi connectivity index (χ0n) is 15.7. The largest absolute Gasteiger partial charge is 0.494 e. The molecule has 0 saturated carbocycles. The number of nitrogens with one attached hydrogen (secondary N) is 1. The quantitative estimate of drug-likeness (QED) is 0.327. The summed E-state index contributed by atoms with van der Waals surface area (Å²) in [4.78, 5) is 11.3. The van der Waals surface area contributed by atoms with E-state index in [-0.39, 0.29) is 12.4 Å². The normalized spacial score (nSPS) is 10.5. The summed E-state index contributed by atoms with van der Waals surface area (Å²) in [6.45, 7) is 0. The molecule has 0 bridgehead atoms. The molecule has 2 aromatic heterocycles. The van der Waals surface area contributed by atoms with Gasteiger partial charge in [0, 0.05) is 5.75 Å². The van der Waals surface area contributed by atoms with E-state index in [0.29, 0.717) is 40.5 Å². The van der Waals surface area contributed by atoms with Gasteiger partial charge in [0.25, 0.3) is 0 Å². The number of anilines is 1. The Bertz CT molecular complexity index is 904. The van der Waals surface area contributed by atoms with Crippen LogP contribution in [0, 0.1) is 0 Å². The molecule has 3 rings (SSSR count). The Balaban J connectivity index is 2.01. The number of ether oxygens (including phenoxy) is 3. The topological polar surface area (TPSA) is 101 Å². The number of hydrogen-bond acceptors (Lipinski definition) is 9. The van der Waals surface area contributed by atoms with Gasteiger partial charge in [0.05, 0.1) is 34.0 Å². The number of carbonyl (C=O) groups is 1. The van der Waals surface area contributed by atoms with Crippen LogP contribution in [0.1, 0.15) is 6.42 Å². The minimum absolute atomic E-state index is 0.269. The van der Waals surface area contributed by atoms with Crippen LogP contribution in [0.3, 0.4) is 0 Å². The zero-order chi connectivity index (χ0) is 19.9. The van der Waals surface area contributed by atoms with E-state index in [1.807, 2.05) is 18.2 Å². The Morgan fingerprint density at radius 3 is 2.50 bits per heavy atom. The van der Waals surface area contributed by atoms with Gasteiger partial charge in [-0.05, 0) is 36.2 Å². The number of benzene rings is 1. The lowest BCUT2D eigenvalue weighted by atomic mass is 10.2. The summed E-state index contributed by atoms with van der Waals surface area (Å²) in [6.07, 6.45) is 1.83. The summed E-state index contributed by atoms with van der Waals surface area (Å²) in [5, 5.41) is 8.49. The monoisotopic (exact) mass is 404 g/mol. The van der Waals surface area contributed by atoms with Gasteiger partial charge in [-0.25, -0.2) is 0 Å². The van der Waals surface area contributed by atoms with Gasteiger partial charge in [0.15, 0.2) is 5.76 Å². The molecule has 1 aromatic carbocycles. The van der Waals surface area contributed by atoms with Gasteiger partial charge in [-0.2, -0.15) is 0 Å². The highest BCUT2D eigenvalue weighted by Gasteiger charge is 2.23. The fourth-order valence-electron chi connectivity index (χ4n) is 2.53. The van der Waals surface area contributed by atoms with Crippen LogP contribution in [0.15, 0.2) is 41.0 Å². The van der Waals surface area contributed by atoms with Gasteiger partial charge >= 0.3 is 5.97 Å². The third-order valence-electron chi connectivity index (χ3n) is 3.83. The maximum absolute atomic E-state index is 11.3. The Morgan fingerprint density at radius 2 is 1.89 bits per heavy atom. The lowest BCUT2D eigenvalue weighted by Crippen LogP contribution is -2.07. The molecule has 1 N–H and O–H groups in total. The molecule has 0 aliphatic heterocycles. The van der Waals surface area contributed by atoms with Gasteiger partial charge in [-0.15, -0.1) is 10.2 Å². The second-order valence-corrected chi connectivity index (χ2v) is 6.35. The highest BCUT2D eigenvalue weighted by molar-refractivity contribution is 8.00. The smallest absolute Gasteiger partial charge is 0.306 e. The molecule has 148 valence electrons. The van der Waals surface area contributed by atoms with Gasteiger partial charge in [-0.1, -0.05) is 6.07 Å².